The van der Waals surface area contributed by atoms with Crippen LogP contribution in [0.5, 0.6) is 17.4 Å². The number of hydrogen-bond donors (Lipinski definition) is 2. The van der Waals surface area contributed by atoms with Crippen LogP contribution in [0.1, 0.15) is 16.4 Å². The number of furan rings is 1. The monoisotopic (exact) mass is 327 g/mol. The van der Waals surface area contributed by atoms with Crippen LogP contribution in [-0.4, -0.2) is 33.2 Å². The van der Waals surface area contributed by atoms with Gasteiger partial charge in [0.25, 0.3) is 5.95 Å². The van der Waals surface area contributed by atoms with Crippen LogP contribution in [0.3, 0.4) is 0 Å². The number of aromatic nitrogens is 3. The number of aromatic amines is 1. The average Bonchev–Trinajstić information content (AvgIpc) is 3.26. The normalized spacial score (nSPS) is 11.3. The van der Waals surface area contributed by atoms with Crippen molar-refractivity contribution in [2.75, 3.05) is 7.11 Å². The summed E-state index contributed by atoms with van der Waals surface area (Å²) in [5.41, 5.74) is 0. The maximum atomic E-state index is 12.0. The number of H-pyrrole nitrogens is 1. The predicted octanol–water partition coefficient (Wildman–Crippen LogP) is 2.98. The van der Waals surface area contributed by atoms with Gasteiger partial charge in [-0.3, -0.25) is 9.89 Å². The standard InChI is InChI=1S/C16H13N3O5/c1-22-10-3-2-4-11(7-10)23-15-6-5-14(24-15)12(20)8-13(21)16-17-9-18-19-16/h2-9,21H,1H3,(H,17,18,19). The molecule has 0 bridgehead atoms. The Hall–Kier alpha value is -3.55. The molecule has 24 heavy (non-hydrogen) atoms. The Morgan fingerprint density at radius 1 is 1.29 bits per heavy atom. The number of carbonyl (C=O) groups is 1. The highest BCUT2D eigenvalue weighted by atomic mass is 16.6. The lowest BCUT2D eigenvalue weighted by molar-refractivity contribution is 0.101. The third-order valence-electron chi connectivity index (χ3n) is 3.01. The molecule has 2 N–H and O–H groups in total. The van der Waals surface area contributed by atoms with E-state index in [1.807, 2.05) is 0 Å². The first-order valence-electron chi connectivity index (χ1n) is 6.88. The van der Waals surface area contributed by atoms with E-state index in [1.165, 1.54) is 18.5 Å². The zero-order chi connectivity index (χ0) is 16.9. The van der Waals surface area contributed by atoms with E-state index in [9.17, 15) is 9.90 Å². The Morgan fingerprint density at radius 3 is 2.88 bits per heavy atom. The molecule has 3 rings (SSSR count). The molecule has 3 aromatic rings. The Balaban J connectivity index is 1.73. The molecule has 0 spiro atoms. The van der Waals surface area contributed by atoms with E-state index < -0.39 is 5.78 Å². The van der Waals surface area contributed by atoms with Crippen molar-refractivity contribution < 1.29 is 23.8 Å². The van der Waals surface area contributed by atoms with Crippen LogP contribution in [0.15, 0.2) is 53.2 Å². The highest BCUT2D eigenvalue weighted by Gasteiger charge is 2.13. The number of benzene rings is 1. The maximum Gasteiger partial charge on any atom is 0.290 e. The van der Waals surface area contributed by atoms with Crippen molar-refractivity contribution in [1.29, 1.82) is 0 Å². The summed E-state index contributed by atoms with van der Waals surface area (Å²) in [6, 6.07) is 9.90. The Morgan fingerprint density at radius 2 is 2.12 bits per heavy atom. The van der Waals surface area contributed by atoms with Gasteiger partial charge in [-0.2, -0.15) is 5.10 Å². The smallest absolute Gasteiger partial charge is 0.290 e. The molecule has 0 aliphatic heterocycles. The number of rotatable bonds is 6. The molecule has 0 amide bonds. The summed E-state index contributed by atoms with van der Waals surface area (Å²) < 4.78 is 15.9. The fraction of sp³-hybridized carbons (Fsp3) is 0.0625. The van der Waals surface area contributed by atoms with Gasteiger partial charge < -0.3 is 19.0 Å². The number of methoxy groups -OCH3 is 1. The van der Waals surface area contributed by atoms with Crippen molar-refractivity contribution in [2.24, 2.45) is 0 Å². The molecule has 0 fully saturated rings. The summed E-state index contributed by atoms with van der Waals surface area (Å²) in [7, 11) is 1.55. The van der Waals surface area contributed by atoms with Gasteiger partial charge in [0, 0.05) is 18.2 Å². The van der Waals surface area contributed by atoms with Crippen molar-refractivity contribution in [3.63, 3.8) is 0 Å². The number of ketones is 1. The number of allylic oxidation sites excluding steroid dienone is 1. The summed E-state index contributed by atoms with van der Waals surface area (Å²) in [5, 5.41) is 15.8. The van der Waals surface area contributed by atoms with Crippen molar-refractivity contribution in [3.8, 4) is 17.4 Å². The van der Waals surface area contributed by atoms with E-state index in [-0.39, 0.29) is 23.3 Å². The molecule has 8 heteroatoms. The second-order valence-corrected chi connectivity index (χ2v) is 4.63. The van der Waals surface area contributed by atoms with E-state index in [0.29, 0.717) is 11.5 Å². The van der Waals surface area contributed by atoms with Crippen LogP contribution >= 0.6 is 0 Å². The SMILES string of the molecule is COc1cccc(Oc2ccc(C(=O)C=C(O)c3ncn[nH]3)o2)c1. The van der Waals surface area contributed by atoms with Gasteiger partial charge in [0.15, 0.2) is 17.3 Å². The van der Waals surface area contributed by atoms with Gasteiger partial charge in [0.05, 0.1) is 7.11 Å². The van der Waals surface area contributed by atoms with Gasteiger partial charge in [0.2, 0.25) is 5.78 Å². The first-order valence-corrected chi connectivity index (χ1v) is 6.88. The van der Waals surface area contributed by atoms with Gasteiger partial charge in [-0.1, -0.05) is 6.07 Å². The zero-order valence-corrected chi connectivity index (χ0v) is 12.6. The first-order chi connectivity index (χ1) is 11.7. The topological polar surface area (TPSA) is 110 Å². The van der Waals surface area contributed by atoms with Gasteiger partial charge >= 0.3 is 0 Å². The number of nitrogens with one attached hydrogen (secondary N) is 1. The highest BCUT2D eigenvalue weighted by molar-refractivity contribution is 6.05. The van der Waals surface area contributed by atoms with Crippen LogP contribution in [0.4, 0.5) is 0 Å². The third-order valence-corrected chi connectivity index (χ3v) is 3.01. The number of ether oxygens (including phenoxy) is 2. The lowest BCUT2D eigenvalue weighted by Gasteiger charge is -2.04. The Bertz CT molecular complexity index is 867. The number of aliphatic hydroxyl groups is 1. The lowest BCUT2D eigenvalue weighted by Crippen LogP contribution is -1.95. The maximum absolute atomic E-state index is 12.0. The number of hydrogen-bond acceptors (Lipinski definition) is 7. The molecule has 0 saturated heterocycles. The Labute approximate surface area is 136 Å². The first kappa shape index (κ1) is 15.3. The van der Waals surface area contributed by atoms with Crippen LogP contribution < -0.4 is 9.47 Å². The van der Waals surface area contributed by atoms with Crippen LogP contribution in [0.25, 0.3) is 5.76 Å². The summed E-state index contributed by atoms with van der Waals surface area (Å²) in [6.07, 6.45) is 2.20. The molecule has 1 aromatic carbocycles. The van der Waals surface area contributed by atoms with E-state index >= 15 is 0 Å². The molecular weight excluding hydrogens is 314 g/mol. The van der Waals surface area contributed by atoms with Gasteiger partial charge in [-0.05, 0) is 18.2 Å². The number of carbonyl (C=O) groups excluding carboxylic acids is 1. The van der Waals surface area contributed by atoms with Crippen LogP contribution in [0, 0.1) is 0 Å². The van der Waals surface area contributed by atoms with E-state index in [0.717, 1.165) is 6.08 Å². The minimum Gasteiger partial charge on any atom is -0.504 e. The molecule has 0 radical (unpaired) electrons. The van der Waals surface area contributed by atoms with Crippen molar-refractivity contribution >= 4 is 11.5 Å². The zero-order valence-electron chi connectivity index (χ0n) is 12.6. The molecular formula is C16H13N3O5. The quantitative estimate of drug-likeness (QED) is 0.407. The van der Waals surface area contributed by atoms with Gasteiger partial charge in [-0.15, -0.1) is 0 Å². The minimum atomic E-state index is -0.538. The lowest BCUT2D eigenvalue weighted by atomic mass is 10.2. The van der Waals surface area contributed by atoms with E-state index in [2.05, 4.69) is 15.2 Å². The van der Waals surface area contributed by atoms with Crippen LogP contribution in [-0.2, 0) is 0 Å². The molecule has 2 aromatic heterocycles. The molecule has 0 aliphatic rings. The summed E-state index contributed by atoms with van der Waals surface area (Å²) >= 11 is 0. The fourth-order valence-corrected chi connectivity index (χ4v) is 1.88. The van der Waals surface area contributed by atoms with Gasteiger partial charge in [-0.25, -0.2) is 4.98 Å². The second-order valence-electron chi connectivity index (χ2n) is 4.63. The van der Waals surface area contributed by atoms with E-state index in [1.54, 1.807) is 31.4 Å². The summed E-state index contributed by atoms with van der Waals surface area (Å²) in [4.78, 5) is 15.8. The third kappa shape index (κ3) is 3.43. The van der Waals surface area contributed by atoms with Crippen molar-refractivity contribution in [2.45, 2.75) is 0 Å². The summed E-state index contributed by atoms with van der Waals surface area (Å²) in [5.74, 6) is 0.493. The summed E-state index contributed by atoms with van der Waals surface area (Å²) in [6.45, 7) is 0. The number of aliphatic hydroxyl groups excluding tert-OH is 1. The molecule has 2 heterocycles. The van der Waals surface area contributed by atoms with Crippen LogP contribution in [0.2, 0.25) is 0 Å². The average molecular weight is 327 g/mol. The predicted molar refractivity (Wildman–Crippen MR) is 83.1 cm³/mol. The molecule has 8 nitrogen and oxygen atoms in total. The second kappa shape index (κ2) is 6.69. The highest BCUT2D eigenvalue weighted by Crippen LogP contribution is 2.27. The van der Waals surface area contributed by atoms with E-state index in [4.69, 9.17) is 13.9 Å². The minimum absolute atomic E-state index is 0.0129. The molecule has 0 saturated carbocycles. The van der Waals surface area contributed by atoms with Crippen molar-refractivity contribution in [1.82, 2.24) is 15.2 Å². The fourth-order valence-electron chi connectivity index (χ4n) is 1.88. The molecule has 0 aliphatic carbocycles. The molecule has 0 atom stereocenters. The molecule has 122 valence electrons. The molecule has 0 unspecified atom stereocenters. The largest absolute Gasteiger partial charge is 0.504 e. The van der Waals surface area contributed by atoms with Crippen molar-refractivity contribution in [3.05, 3.63) is 60.4 Å². The van der Waals surface area contributed by atoms with Gasteiger partial charge in [0.1, 0.15) is 17.8 Å². The Kier molecular flexibility index (Phi) is 4.28. The number of nitrogens with zero attached hydrogens (tertiary/aromatic N) is 2.